The Balaban J connectivity index is 3.80. The summed E-state index contributed by atoms with van der Waals surface area (Å²) in [6.07, 6.45) is 0. The fourth-order valence-electron chi connectivity index (χ4n) is 1.12. The van der Waals surface area contributed by atoms with E-state index in [0.717, 1.165) is 0 Å². The number of aliphatic hydroxyl groups is 1. The summed E-state index contributed by atoms with van der Waals surface area (Å²) >= 11 is 5.72. The second-order valence-electron chi connectivity index (χ2n) is 2.86. The van der Waals surface area contributed by atoms with Gasteiger partial charge in [-0.2, -0.15) is 0 Å². The molecule has 7 heteroatoms. The minimum atomic E-state index is -1.07. The van der Waals surface area contributed by atoms with Gasteiger partial charge in [0.05, 0.1) is 14.8 Å². The molecular weight excluding hydrogens is 551 g/mol. The predicted octanol–water partition coefficient (Wildman–Crippen LogP) is 3.31. The van der Waals surface area contributed by atoms with Crippen LogP contribution < -0.4 is 5.73 Å². The average Bonchev–Trinajstić information content (AvgIpc) is 2.13. The molecule has 4 nitrogen and oxygen atoms in total. The smallest absolute Gasteiger partial charge is 0.337 e. The van der Waals surface area contributed by atoms with Crippen molar-refractivity contribution in [1.82, 2.24) is 0 Å². The van der Waals surface area contributed by atoms with Crippen LogP contribution in [0.1, 0.15) is 15.9 Å². The van der Waals surface area contributed by atoms with E-state index < -0.39 is 5.97 Å². The van der Waals surface area contributed by atoms with Gasteiger partial charge in [-0.05, 0) is 67.8 Å². The van der Waals surface area contributed by atoms with Crippen LogP contribution in [0.2, 0.25) is 0 Å². The number of carbonyl (C=O) groups is 1. The summed E-state index contributed by atoms with van der Waals surface area (Å²) in [4.78, 5) is 11.1. The van der Waals surface area contributed by atoms with Gasteiger partial charge < -0.3 is 15.9 Å². The van der Waals surface area contributed by atoms with Gasteiger partial charge in [0.2, 0.25) is 0 Å². The molecule has 86 valence electrons. The van der Waals surface area contributed by atoms with Gasteiger partial charge in [0, 0.05) is 12.7 Å². The summed E-state index contributed by atoms with van der Waals surface area (Å²) in [5.74, 6) is -1.25. The van der Waals surface area contributed by atoms with E-state index in [1.165, 1.54) is 0 Å². The van der Waals surface area contributed by atoms with Crippen molar-refractivity contribution in [3.05, 3.63) is 28.4 Å². The summed E-state index contributed by atoms with van der Waals surface area (Å²) in [5, 5.41) is 18.5. The van der Waals surface area contributed by atoms with Crippen molar-refractivity contribution >= 4 is 85.2 Å². The Kier molecular flexibility index (Phi) is 4.68. The quantitative estimate of drug-likeness (QED) is 0.297. The molecule has 0 spiro atoms. The lowest BCUT2D eigenvalue weighted by Crippen LogP contribution is -2.11. The SMILES string of the molecule is C=C(O)c1c(I)c(N)c(I)c(C(=O)O)c1I. The zero-order valence-electron chi connectivity index (χ0n) is 7.72. The second-order valence-corrected chi connectivity index (χ2v) is 6.09. The van der Waals surface area contributed by atoms with Gasteiger partial charge in [-0.3, -0.25) is 0 Å². The maximum Gasteiger partial charge on any atom is 0.337 e. The van der Waals surface area contributed by atoms with Gasteiger partial charge in [0.1, 0.15) is 5.76 Å². The van der Waals surface area contributed by atoms with E-state index in [4.69, 9.17) is 10.8 Å². The lowest BCUT2D eigenvalue weighted by atomic mass is 10.1. The number of nitrogens with two attached hydrogens (primary N) is 1. The molecule has 0 aliphatic rings. The van der Waals surface area contributed by atoms with Gasteiger partial charge in [0.15, 0.2) is 0 Å². The fourth-order valence-corrected chi connectivity index (χ4v) is 5.37. The Morgan fingerprint density at radius 3 is 1.88 bits per heavy atom. The van der Waals surface area contributed by atoms with E-state index in [1.807, 2.05) is 67.8 Å². The molecular formula is C9H6I3NO3. The third-order valence-corrected chi connectivity index (χ3v) is 5.17. The van der Waals surface area contributed by atoms with E-state index >= 15 is 0 Å². The summed E-state index contributed by atoms with van der Waals surface area (Å²) in [6.45, 7) is 3.41. The van der Waals surface area contributed by atoms with Gasteiger partial charge in [0.25, 0.3) is 0 Å². The monoisotopic (exact) mass is 557 g/mol. The van der Waals surface area contributed by atoms with Crippen LogP contribution in [0.4, 0.5) is 5.69 Å². The highest BCUT2D eigenvalue weighted by molar-refractivity contribution is 14.1. The summed E-state index contributed by atoms with van der Waals surface area (Å²) in [5.41, 5.74) is 6.63. The molecule has 0 fully saturated rings. The highest BCUT2D eigenvalue weighted by Gasteiger charge is 2.23. The van der Waals surface area contributed by atoms with Gasteiger partial charge >= 0.3 is 5.97 Å². The standard InChI is InChI=1S/C9H6I3NO3/c1-2(14)3-5(10)4(9(15)16)7(12)8(13)6(3)11/h14H,1,13H2,(H,15,16). The Hall–Kier alpha value is 0.220. The average molecular weight is 557 g/mol. The van der Waals surface area contributed by atoms with Crippen LogP contribution in [-0.2, 0) is 0 Å². The number of anilines is 1. The van der Waals surface area contributed by atoms with E-state index in [2.05, 4.69) is 6.58 Å². The minimum Gasteiger partial charge on any atom is -0.508 e. The third-order valence-electron chi connectivity index (χ3n) is 1.85. The number of aromatic carboxylic acids is 1. The number of halogens is 3. The van der Waals surface area contributed by atoms with Crippen LogP contribution in [0.25, 0.3) is 5.76 Å². The van der Waals surface area contributed by atoms with Crippen LogP contribution in [-0.4, -0.2) is 16.2 Å². The number of nitrogen functional groups attached to an aromatic ring is 1. The molecule has 0 saturated heterocycles. The molecule has 1 aromatic carbocycles. The lowest BCUT2D eigenvalue weighted by Gasteiger charge is -2.14. The van der Waals surface area contributed by atoms with E-state index in [0.29, 0.717) is 22.0 Å². The molecule has 16 heavy (non-hydrogen) atoms. The number of carboxylic acid groups (broad SMARTS) is 1. The first-order valence-electron chi connectivity index (χ1n) is 3.86. The van der Waals surface area contributed by atoms with Crippen molar-refractivity contribution in [2.75, 3.05) is 5.73 Å². The topological polar surface area (TPSA) is 83.5 Å². The summed E-state index contributed by atoms with van der Waals surface area (Å²) in [6, 6.07) is 0. The van der Waals surface area contributed by atoms with E-state index in [9.17, 15) is 9.90 Å². The van der Waals surface area contributed by atoms with Crippen LogP contribution in [0.5, 0.6) is 0 Å². The molecule has 0 amide bonds. The zero-order valence-corrected chi connectivity index (χ0v) is 14.2. The van der Waals surface area contributed by atoms with Crippen molar-refractivity contribution < 1.29 is 15.0 Å². The molecule has 0 bridgehead atoms. The zero-order chi connectivity index (χ0) is 12.6. The van der Waals surface area contributed by atoms with Crippen molar-refractivity contribution in [3.63, 3.8) is 0 Å². The molecule has 4 N–H and O–H groups in total. The molecule has 0 aliphatic heterocycles. The molecule has 0 radical (unpaired) electrons. The number of carboxylic acids is 1. The van der Waals surface area contributed by atoms with Crippen LogP contribution in [0.15, 0.2) is 6.58 Å². The van der Waals surface area contributed by atoms with Gasteiger partial charge in [-0.25, -0.2) is 4.79 Å². The summed E-state index contributed by atoms with van der Waals surface area (Å²) < 4.78 is 1.54. The molecule has 0 saturated carbocycles. The highest BCUT2D eigenvalue weighted by atomic mass is 127. The predicted molar refractivity (Wildman–Crippen MR) is 87.6 cm³/mol. The largest absolute Gasteiger partial charge is 0.508 e. The van der Waals surface area contributed by atoms with Gasteiger partial charge in [-0.1, -0.05) is 6.58 Å². The number of hydrogen-bond donors (Lipinski definition) is 3. The first-order chi connectivity index (χ1) is 7.29. The highest BCUT2D eigenvalue weighted by Crippen LogP contribution is 2.35. The van der Waals surface area contributed by atoms with Gasteiger partial charge in [-0.15, -0.1) is 0 Å². The minimum absolute atomic E-state index is 0.101. The Morgan fingerprint density at radius 2 is 1.50 bits per heavy atom. The molecule has 0 atom stereocenters. The summed E-state index contributed by atoms with van der Waals surface area (Å²) in [7, 11) is 0. The number of aliphatic hydroxyl groups excluding tert-OH is 1. The Morgan fingerprint density at radius 1 is 1.06 bits per heavy atom. The van der Waals surface area contributed by atoms with Crippen LogP contribution >= 0.6 is 67.8 Å². The lowest BCUT2D eigenvalue weighted by molar-refractivity contribution is 0.0694. The van der Waals surface area contributed by atoms with E-state index in [1.54, 1.807) is 0 Å². The molecule has 0 unspecified atom stereocenters. The maximum atomic E-state index is 11.1. The van der Waals surface area contributed by atoms with Crippen molar-refractivity contribution in [2.24, 2.45) is 0 Å². The normalized spacial score (nSPS) is 10.2. The number of benzene rings is 1. The molecule has 1 aromatic rings. The first kappa shape index (κ1) is 14.3. The van der Waals surface area contributed by atoms with E-state index in [-0.39, 0.29) is 11.3 Å². The third kappa shape index (κ3) is 2.39. The Bertz CT molecular complexity index is 458. The molecule has 1 rings (SSSR count). The fraction of sp³-hybridized carbons (Fsp3) is 0. The van der Waals surface area contributed by atoms with Crippen molar-refractivity contribution in [1.29, 1.82) is 0 Å². The molecule has 0 aliphatic carbocycles. The van der Waals surface area contributed by atoms with Crippen LogP contribution in [0, 0.1) is 10.7 Å². The number of hydrogen-bond acceptors (Lipinski definition) is 3. The first-order valence-corrected chi connectivity index (χ1v) is 7.10. The molecule has 0 heterocycles. The molecule has 0 aromatic heterocycles. The van der Waals surface area contributed by atoms with Crippen LogP contribution in [0.3, 0.4) is 0 Å². The van der Waals surface area contributed by atoms with Crippen molar-refractivity contribution in [2.45, 2.75) is 0 Å². The second kappa shape index (κ2) is 5.25. The van der Waals surface area contributed by atoms with Crippen molar-refractivity contribution in [3.8, 4) is 0 Å². The Labute approximate surface area is 133 Å². The number of rotatable bonds is 2. The maximum absolute atomic E-state index is 11.1.